The van der Waals surface area contributed by atoms with Crippen LogP contribution in [0.5, 0.6) is 0 Å². The third-order valence-electron chi connectivity index (χ3n) is 5.93. The van der Waals surface area contributed by atoms with E-state index in [1.165, 1.54) is 0 Å². The van der Waals surface area contributed by atoms with Crippen LogP contribution in [0, 0.1) is 5.82 Å². The van der Waals surface area contributed by atoms with Crippen LogP contribution in [0.3, 0.4) is 0 Å². The average Bonchev–Trinajstić information content (AvgIpc) is 2.85. The summed E-state index contributed by atoms with van der Waals surface area (Å²) in [6, 6.07) is 13.7. The number of hydrogen-bond donors (Lipinski definition) is 5. The number of halogens is 1. The minimum absolute atomic E-state index is 0.0497. The van der Waals surface area contributed by atoms with E-state index in [2.05, 4.69) is 36.1 Å². The van der Waals surface area contributed by atoms with E-state index in [-0.39, 0.29) is 11.8 Å². The van der Waals surface area contributed by atoms with Gasteiger partial charge in [-0.15, -0.1) is 0 Å². The fourth-order valence-electron chi connectivity index (χ4n) is 3.90. The van der Waals surface area contributed by atoms with Gasteiger partial charge in [-0.3, -0.25) is 5.32 Å². The Labute approximate surface area is 204 Å². The highest BCUT2D eigenvalue weighted by Crippen LogP contribution is 2.27. The third-order valence-corrected chi connectivity index (χ3v) is 5.93. The van der Waals surface area contributed by atoms with E-state index in [9.17, 15) is 4.39 Å². The lowest BCUT2D eigenvalue weighted by atomic mass is 9.98. The van der Waals surface area contributed by atoms with Gasteiger partial charge >= 0.3 is 0 Å². The average molecular weight is 479 g/mol. The van der Waals surface area contributed by atoms with Gasteiger partial charge in [0.15, 0.2) is 11.6 Å². The van der Waals surface area contributed by atoms with Crippen LogP contribution < -0.4 is 27.0 Å². The number of nitrogens with two attached hydrogens (primary N) is 1. The first-order valence-electron chi connectivity index (χ1n) is 11.3. The van der Waals surface area contributed by atoms with Gasteiger partial charge < -0.3 is 31.3 Å². The molecule has 35 heavy (non-hydrogen) atoms. The van der Waals surface area contributed by atoms with E-state index in [4.69, 9.17) is 10.5 Å². The zero-order chi connectivity index (χ0) is 25.0. The number of dihydropyridines is 1. The van der Waals surface area contributed by atoms with Crippen LogP contribution in [0.4, 0.5) is 21.8 Å². The summed E-state index contributed by atoms with van der Waals surface area (Å²) in [5.41, 5.74) is 7.59. The number of methoxy groups -OCH3 is 1. The Balaban J connectivity index is 1.57. The molecule has 0 saturated carbocycles. The second kappa shape index (κ2) is 10.2. The second-order valence-electron chi connectivity index (χ2n) is 8.58. The van der Waals surface area contributed by atoms with E-state index in [0.717, 1.165) is 23.5 Å². The van der Waals surface area contributed by atoms with E-state index < -0.39 is 11.5 Å². The molecule has 184 valence electrons. The fraction of sp³-hybridized carbons (Fsp3) is 0.280. The van der Waals surface area contributed by atoms with Gasteiger partial charge in [-0.05, 0) is 50.1 Å². The van der Waals surface area contributed by atoms with Crippen LogP contribution in [0.2, 0.25) is 0 Å². The quantitative estimate of drug-likeness (QED) is 0.317. The Morgan fingerprint density at radius 3 is 2.63 bits per heavy atom. The predicted octanol–water partition coefficient (Wildman–Crippen LogP) is 3.05. The van der Waals surface area contributed by atoms with Gasteiger partial charge in [0.05, 0.1) is 19.0 Å². The van der Waals surface area contributed by atoms with Crippen molar-refractivity contribution in [1.29, 1.82) is 0 Å². The number of ether oxygens (including phenoxy) is 1. The molecule has 0 saturated heterocycles. The summed E-state index contributed by atoms with van der Waals surface area (Å²) in [6.45, 7) is 0.799. The molecule has 3 aromatic rings. The number of rotatable bonds is 9. The maximum Gasteiger partial charge on any atom is 0.229 e. The lowest BCUT2D eigenvalue weighted by Gasteiger charge is -2.40. The molecule has 2 aromatic carbocycles. The smallest absolute Gasteiger partial charge is 0.229 e. The standard InChI is InChI=1S/C25H31FN8O/c1-28-25(11-12-34(2)3)21(27)14-20(23(33-25)35-4)31-24-29-15-19(26)22(32-24)30-18-10-9-16-7-5-6-8-17(16)13-18/h5-10,13-15,28,33H,11-12,27H2,1-4H3,(H2,29,30,31,32). The number of fused-ring (bicyclic) bond motifs is 1. The van der Waals surface area contributed by atoms with Gasteiger partial charge in [-0.1, -0.05) is 30.3 Å². The molecule has 0 aliphatic carbocycles. The number of likely N-dealkylation sites (N-methyl/N-ethyl adjacent to an activating group) is 1. The number of nitrogens with one attached hydrogen (secondary N) is 4. The molecule has 0 bridgehead atoms. The molecule has 1 aliphatic rings. The van der Waals surface area contributed by atoms with E-state index in [0.29, 0.717) is 29.4 Å². The summed E-state index contributed by atoms with van der Waals surface area (Å²) in [6.07, 6.45) is 3.58. The van der Waals surface area contributed by atoms with Crippen molar-refractivity contribution in [2.24, 2.45) is 5.73 Å². The first-order chi connectivity index (χ1) is 16.8. The van der Waals surface area contributed by atoms with Crippen LogP contribution in [0.25, 0.3) is 10.8 Å². The molecular weight excluding hydrogens is 447 g/mol. The summed E-state index contributed by atoms with van der Waals surface area (Å²) in [5.74, 6) is 0.132. The van der Waals surface area contributed by atoms with Crippen LogP contribution in [0.1, 0.15) is 6.42 Å². The first-order valence-corrected chi connectivity index (χ1v) is 11.3. The van der Waals surface area contributed by atoms with Crippen molar-refractivity contribution < 1.29 is 9.13 Å². The SMILES string of the molecule is CNC1(CCN(C)C)NC(OC)=C(Nc2ncc(F)c(Nc3ccc4ccccc4c3)n2)C=C1N. The Bertz CT molecular complexity index is 1280. The summed E-state index contributed by atoms with van der Waals surface area (Å²) in [4.78, 5) is 10.5. The molecule has 10 heteroatoms. The fourth-order valence-corrected chi connectivity index (χ4v) is 3.90. The Kier molecular flexibility index (Phi) is 7.04. The van der Waals surface area contributed by atoms with Gasteiger partial charge in [0, 0.05) is 18.7 Å². The summed E-state index contributed by atoms with van der Waals surface area (Å²) >= 11 is 0. The molecule has 1 aliphatic heterocycles. The lowest BCUT2D eigenvalue weighted by molar-refractivity contribution is 0.189. The van der Waals surface area contributed by atoms with Crippen molar-refractivity contribution in [1.82, 2.24) is 25.5 Å². The number of anilines is 3. The van der Waals surface area contributed by atoms with Crippen molar-refractivity contribution in [3.8, 4) is 0 Å². The van der Waals surface area contributed by atoms with Gasteiger partial charge in [0.25, 0.3) is 0 Å². The van der Waals surface area contributed by atoms with Gasteiger partial charge in [0.2, 0.25) is 11.8 Å². The number of allylic oxidation sites excluding steroid dienone is 1. The van der Waals surface area contributed by atoms with E-state index in [1.54, 1.807) is 13.2 Å². The lowest BCUT2D eigenvalue weighted by Crippen LogP contribution is -2.61. The molecule has 0 radical (unpaired) electrons. The minimum atomic E-state index is -0.673. The molecule has 0 spiro atoms. The zero-order valence-corrected chi connectivity index (χ0v) is 20.3. The molecule has 6 N–H and O–H groups in total. The van der Waals surface area contributed by atoms with Gasteiger partial charge in [-0.25, -0.2) is 9.37 Å². The number of hydrogen-bond acceptors (Lipinski definition) is 9. The second-order valence-corrected chi connectivity index (χ2v) is 8.58. The van der Waals surface area contributed by atoms with E-state index >= 15 is 0 Å². The molecule has 0 amide bonds. The van der Waals surface area contributed by atoms with Gasteiger partial charge in [-0.2, -0.15) is 4.98 Å². The summed E-state index contributed by atoms with van der Waals surface area (Å²) in [5, 5.41) is 14.9. The van der Waals surface area contributed by atoms with Crippen LogP contribution in [-0.4, -0.2) is 55.3 Å². The highest BCUT2D eigenvalue weighted by molar-refractivity contribution is 5.86. The molecular formula is C25H31FN8O. The van der Waals surface area contributed by atoms with Crippen molar-refractivity contribution in [3.05, 3.63) is 77.8 Å². The predicted molar refractivity (Wildman–Crippen MR) is 137 cm³/mol. The largest absolute Gasteiger partial charge is 0.481 e. The molecule has 1 unspecified atom stereocenters. The monoisotopic (exact) mass is 478 g/mol. The topological polar surface area (TPSA) is 112 Å². The highest BCUT2D eigenvalue weighted by Gasteiger charge is 2.36. The third kappa shape index (κ3) is 5.28. The normalized spacial score (nSPS) is 17.8. The number of aromatic nitrogens is 2. The van der Waals surface area contributed by atoms with Crippen molar-refractivity contribution in [2.75, 3.05) is 45.4 Å². The molecule has 4 rings (SSSR count). The zero-order valence-electron chi connectivity index (χ0n) is 20.3. The van der Waals surface area contributed by atoms with Crippen molar-refractivity contribution >= 4 is 28.2 Å². The Hall–Kier alpha value is -3.89. The summed E-state index contributed by atoms with van der Waals surface area (Å²) in [7, 11) is 7.40. The van der Waals surface area contributed by atoms with Crippen molar-refractivity contribution in [2.45, 2.75) is 12.1 Å². The maximum atomic E-state index is 14.5. The highest BCUT2D eigenvalue weighted by atomic mass is 19.1. The van der Waals surface area contributed by atoms with Crippen molar-refractivity contribution in [3.63, 3.8) is 0 Å². The molecule has 1 aromatic heterocycles. The minimum Gasteiger partial charge on any atom is -0.481 e. The van der Waals surface area contributed by atoms with Crippen LogP contribution in [-0.2, 0) is 4.74 Å². The van der Waals surface area contributed by atoms with Gasteiger partial charge in [0.1, 0.15) is 11.4 Å². The van der Waals surface area contributed by atoms with E-state index in [1.807, 2.05) is 63.6 Å². The molecule has 2 heterocycles. The molecule has 0 fully saturated rings. The summed E-state index contributed by atoms with van der Waals surface area (Å²) < 4.78 is 20.1. The number of benzene rings is 2. The Morgan fingerprint density at radius 1 is 1.14 bits per heavy atom. The number of nitrogens with zero attached hydrogens (tertiary/aromatic N) is 3. The maximum absolute atomic E-state index is 14.5. The van der Waals surface area contributed by atoms with Crippen LogP contribution in [0.15, 0.2) is 72.0 Å². The van der Waals surface area contributed by atoms with Crippen LogP contribution >= 0.6 is 0 Å². The first kappa shape index (κ1) is 24.2. The molecule has 1 atom stereocenters. The molecule has 9 nitrogen and oxygen atoms in total. The Morgan fingerprint density at radius 2 is 1.91 bits per heavy atom.